The van der Waals surface area contributed by atoms with E-state index in [-0.39, 0.29) is 0 Å². The molecule has 0 saturated heterocycles. The van der Waals surface area contributed by atoms with Crippen LogP contribution in [0.3, 0.4) is 0 Å². The van der Waals surface area contributed by atoms with Crippen LogP contribution in [0.25, 0.3) is 0 Å². The molecule has 0 spiro atoms. The molecule has 12 heavy (non-hydrogen) atoms. The Morgan fingerprint density at radius 3 is 3.08 bits per heavy atom. The topological polar surface area (TPSA) is 0 Å². The molecule has 0 heteroatoms. The van der Waals surface area contributed by atoms with Gasteiger partial charge in [0.1, 0.15) is 0 Å². The summed E-state index contributed by atoms with van der Waals surface area (Å²) in [6.07, 6.45) is 9.56. The molecule has 0 fully saturated rings. The standard InChI is InChI=1S/C12H16/c1-9-3-5-12-8-10(2)4-6-11(12)7-9/h3,5,10H,1,4,6-8H2,2H3. The molecule has 2 aliphatic rings. The van der Waals surface area contributed by atoms with E-state index in [2.05, 4.69) is 25.7 Å². The Kier molecular flexibility index (Phi) is 1.92. The fraction of sp³-hybridized carbons (Fsp3) is 0.500. The molecule has 2 rings (SSSR count). The summed E-state index contributed by atoms with van der Waals surface area (Å²) in [5.41, 5.74) is 4.53. The molecule has 64 valence electrons. The summed E-state index contributed by atoms with van der Waals surface area (Å²) in [7, 11) is 0. The molecule has 0 saturated carbocycles. The lowest BCUT2D eigenvalue weighted by Crippen LogP contribution is -2.09. The van der Waals surface area contributed by atoms with Crippen molar-refractivity contribution < 1.29 is 0 Å². The lowest BCUT2D eigenvalue weighted by atomic mass is 9.80. The van der Waals surface area contributed by atoms with Crippen molar-refractivity contribution in [2.24, 2.45) is 5.92 Å². The largest absolute Gasteiger partial charge is 0.0955 e. The lowest BCUT2D eigenvalue weighted by Gasteiger charge is -2.26. The third kappa shape index (κ3) is 1.38. The van der Waals surface area contributed by atoms with E-state index in [0.29, 0.717) is 0 Å². The molecule has 0 heterocycles. The first kappa shape index (κ1) is 7.85. The van der Waals surface area contributed by atoms with Gasteiger partial charge < -0.3 is 0 Å². The Morgan fingerprint density at radius 2 is 2.25 bits per heavy atom. The second kappa shape index (κ2) is 2.93. The van der Waals surface area contributed by atoms with E-state index < -0.39 is 0 Å². The van der Waals surface area contributed by atoms with Crippen LogP contribution in [-0.2, 0) is 0 Å². The molecule has 0 aliphatic heterocycles. The van der Waals surface area contributed by atoms with Gasteiger partial charge in [0.2, 0.25) is 0 Å². The molecule has 2 aliphatic carbocycles. The van der Waals surface area contributed by atoms with Crippen molar-refractivity contribution in [1.29, 1.82) is 0 Å². The van der Waals surface area contributed by atoms with E-state index >= 15 is 0 Å². The van der Waals surface area contributed by atoms with Crippen LogP contribution in [-0.4, -0.2) is 0 Å². The quantitative estimate of drug-likeness (QED) is 0.507. The average molecular weight is 160 g/mol. The Labute approximate surface area is 74.7 Å². The van der Waals surface area contributed by atoms with Gasteiger partial charge in [0.15, 0.2) is 0 Å². The monoisotopic (exact) mass is 160 g/mol. The maximum Gasteiger partial charge on any atom is -0.00671 e. The van der Waals surface area contributed by atoms with Crippen molar-refractivity contribution in [2.75, 3.05) is 0 Å². The molecule has 0 aromatic heterocycles. The van der Waals surface area contributed by atoms with Crippen molar-refractivity contribution in [3.63, 3.8) is 0 Å². The van der Waals surface area contributed by atoms with E-state index in [1.807, 2.05) is 0 Å². The second-order valence-electron chi connectivity index (χ2n) is 4.15. The maximum atomic E-state index is 4.00. The van der Waals surface area contributed by atoms with Crippen LogP contribution in [0.2, 0.25) is 0 Å². The fourth-order valence-corrected chi connectivity index (χ4v) is 2.14. The van der Waals surface area contributed by atoms with Gasteiger partial charge in [-0.1, -0.05) is 36.8 Å². The summed E-state index contributed by atoms with van der Waals surface area (Å²) < 4.78 is 0. The highest BCUT2D eigenvalue weighted by molar-refractivity contribution is 5.40. The Balaban J connectivity index is 2.23. The van der Waals surface area contributed by atoms with E-state index in [4.69, 9.17) is 0 Å². The molecule has 0 radical (unpaired) electrons. The molecule has 0 aromatic rings. The highest BCUT2D eigenvalue weighted by Gasteiger charge is 2.18. The lowest BCUT2D eigenvalue weighted by molar-refractivity contribution is 0.496. The minimum absolute atomic E-state index is 0.889. The fourth-order valence-electron chi connectivity index (χ4n) is 2.14. The van der Waals surface area contributed by atoms with Crippen LogP contribution in [0.4, 0.5) is 0 Å². The number of rotatable bonds is 0. The van der Waals surface area contributed by atoms with E-state index in [1.54, 1.807) is 11.1 Å². The van der Waals surface area contributed by atoms with Crippen LogP contribution >= 0.6 is 0 Å². The first-order chi connectivity index (χ1) is 5.75. The Morgan fingerprint density at radius 1 is 1.42 bits per heavy atom. The third-order valence-electron chi connectivity index (χ3n) is 2.92. The van der Waals surface area contributed by atoms with E-state index in [9.17, 15) is 0 Å². The van der Waals surface area contributed by atoms with Gasteiger partial charge in [-0.15, -0.1) is 0 Å². The van der Waals surface area contributed by atoms with Crippen LogP contribution in [0.5, 0.6) is 0 Å². The molecule has 1 atom stereocenters. The predicted molar refractivity (Wildman–Crippen MR) is 52.9 cm³/mol. The summed E-state index contributed by atoms with van der Waals surface area (Å²) in [4.78, 5) is 0. The molecule has 0 amide bonds. The van der Waals surface area contributed by atoms with Crippen molar-refractivity contribution in [3.05, 3.63) is 35.5 Å². The Bertz CT molecular complexity index is 266. The van der Waals surface area contributed by atoms with Crippen LogP contribution < -0.4 is 0 Å². The maximum absolute atomic E-state index is 4.00. The third-order valence-corrected chi connectivity index (χ3v) is 2.92. The van der Waals surface area contributed by atoms with Gasteiger partial charge in [0.05, 0.1) is 0 Å². The van der Waals surface area contributed by atoms with Crippen molar-refractivity contribution >= 4 is 0 Å². The van der Waals surface area contributed by atoms with Gasteiger partial charge in [0.25, 0.3) is 0 Å². The first-order valence-electron chi connectivity index (χ1n) is 4.82. The molecule has 1 unspecified atom stereocenters. The van der Waals surface area contributed by atoms with Crippen LogP contribution in [0, 0.1) is 5.92 Å². The smallest absolute Gasteiger partial charge is 0.00671 e. The minimum atomic E-state index is 0.889. The van der Waals surface area contributed by atoms with Crippen LogP contribution in [0.15, 0.2) is 35.5 Å². The predicted octanol–water partition coefficient (Wildman–Crippen LogP) is 3.62. The highest BCUT2D eigenvalue weighted by atomic mass is 14.2. The summed E-state index contributed by atoms with van der Waals surface area (Å²) in [5, 5.41) is 0. The molecular weight excluding hydrogens is 144 g/mol. The van der Waals surface area contributed by atoms with Crippen molar-refractivity contribution in [3.8, 4) is 0 Å². The van der Waals surface area contributed by atoms with E-state index in [1.165, 1.54) is 24.8 Å². The van der Waals surface area contributed by atoms with Gasteiger partial charge in [-0.2, -0.15) is 0 Å². The van der Waals surface area contributed by atoms with E-state index in [0.717, 1.165) is 12.3 Å². The molecule has 0 aromatic carbocycles. The SMILES string of the molecule is C=C1C=CC2=C(CCC(C)C2)C1. The Hall–Kier alpha value is -0.780. The summed E-state index contributed by atoms with van der Waals surface area (Å²) in [6.45, 7) is 6.35. The average Bonchev–Trinajstić information content (AvgIpc) is 2.05. The zero-order valence-electron chi connectivity index (χ0n) is 7.77. The summed E-state index contributed by atoms with van der Waals surface area (Å²) in [6, 6.07) is 0. The van der Waals surface area contributed by atoms with Gasteiger partial charge in [-0.25, -0.2) is 0 Å². The van der Waals surface area contributed by atoms with Gasteiger partial charge in [-0.3, -0.25) is 0 Å². The number of allylic oxidation sites excluding steroid dienone is 5. The second-order valence-corrected chi connectivity index (χ2v) is 4.15. The summed E-state index contributed by atoms with van der Waals surface area (Å²) in [5.74, 6) is 0.889. The van der Waals surface area contributed by atoms with Crippen molar-refractivity contribution in [1.82, 2.24) is 0 Å². The summed E-state index contributed by atoms with van der Waals surface area (Å²) >= 11 is 0. The number of hydrogen-bond donors (Lipinski definition) is 0. The molecular formula is C12H16. The molecule has 0 nitrogen and oxygen atoms in total. The first-order valence-corrected chi connectivity index (χ1v) is 4.82. The molecule has 0 bridgehead atoms. The molecule has 0 N–H and O–H groups in total. The van der Waals surface area contributed by atoms with Crippen molar-refractivity contribution in [2.45, 2.75) is 32.6 Å². The highest BCUT2D eigenvalue weighted by Crippen LogP contribution is 2.35. The van der Waals surface area contributed by atoms with Gasteiger partial charge in [-0.05, 0) is 37.2 Å². The number of hydrogen-bond acceptors (Lipinski definition) is 0. The minimum Gasteiger partial charge on any atom is -0.0955 e. The van der Waals surface area contributed by atoms with Gasteiger partial charge in [0, 0.05) is 0 Å². The van der Waals surface area contributed by atoms with Crippen LogP contribution in [0.1, 0.15) is 32.6 Å². The normalized spacial score (nSPS) is 29.1. The zero-order valence-corrected chi connectivity index (χ0v) is 7.77. The zero-order chi connectivity index (χ0) is 8.55. The van der Waals surface area contributed by atoms with Gasteiger partial charge >= 0.3 is 0 Å².